The number of nitrogens with two attached hydrogens (primary N) is 1. The number of methoxy groups -OCH3 is 1. The average Bonchev–Trinajstić information content (AvgIpc) is 2.16. The van der Waals surface area contributed by atoms with Gasteiger partial charge in [-0.15, -0.1) is 0 Å². The molecule has 0 aromatic heterocycles. The maximum absolute atomic E-state index is 9.82. The van der Waals surface area contributed by atoms with Crippen LogP contribution in [0.2, 0.25) is 0 Å². The van der Waals surface area contributed by atoms with Crippen molar-refractivity contribution in [3.63, 3.8) is 0 Å². The van der Waals surface area contributed by atoms with Crippen molar-refractivity contribution < 1.29 is 9.84 Å². The quantitative estimate of drug-likeness (QED) is 0.873. The van der Waals surface area contributed by atoms with Crippen LogP contribution in [0.25, 0.3) is 0 Å². The monoisotopic (exact) mass is 259 g/mol. The van der Waals surface area contributed by atoms with Gasteiger partial charge in [0.2, 0.25) is 0 Å². The number of halogens is 1. The van der Waals surface area contributed by atoms with Gasteiger partial charge >= 0.3 is 0 Å². The number of phenols is 1. The Kier molecular flexibility index (Phi) is 3.77. The molecule has 0 radical (unpaired) electrons. The largest absolute Gasteiger partial charge is 0.504 e. The smallest absolute Gasteiger partial charge is 0.164 e. The molecule has 1 rings (SSSR count). The fourth-order valence-electron chi connectivity index (χ4n) is 1.36. The van der Waals surface area contributed by atoms with E-state index in [1.165, 1.54) is 0 Å². The van der Waals surface area contributed by atoms with Crippen molar-refractivity contribution in [2.45, 2.75) is 13.3 Å². The predicted octanol–water partition coefficient (Wildman–Crippen LogP) is 1.97. The van der Waals surface area contributed by atoms with Crippen LogP contribution in [-0.4, -0.2) is 18.8 Å². The highest BCUT2D eigenvalue weighted by atomic mass is 79.9. The lowest BCUT2D eigenvalue weighted by Gasteiger charge is -2.12. The summed E-state index contributed by atoms with van der Waals surface area (Å²) in [5, 5.41) is 9.82. The number of ether oxygens (including phenoxy) is 1. The van der Waals surface area contributed by atoms with Crippen molar-refractivity contribution >= 4 is 15.9 Å². The van der Waals surface area contributed by atoms with Crippen LogP contribution in [0.1, 0.15) is 11.1 Å². The zero-order valence-electron chi connectivity index (χ0n) is 8.30. The molecule has 0 spiro atoms. The van der Waals surface area contributed by atoms with E-state index in [9.17, 15) is 5.11 Å². The lowest BCUT2D eigenvalue weighted by atomic mass is 10.1. The van der Waals surface area contributed by atoms with Gasteiger partial charge in [-0.25, -0.2) is 0 Å². The van der Waals surface area contributed by atoms with E-state index in [-0.39, 0.29) is 5.75 Å². The number of hydrogen-bond acceptors (Lipinski definition) is 3. The van der Waals surface area contributed by atoms with Gasteiger partial charge in [-0.2, -0.15) is 0 Å². The van der Waals surface area contributed by atoms with E-state index in [4.69, 9.17) is 10.5 Å². The van der Waals surface area contributed by atoms with E-state index in [0.717, 1.165) is 15.6 Å². The first-order valence-electron chi connectivity index (χ1n) is 4.36. The number of benzene rings is 1. The van der Waals surface area contributed by atoms with Crippen molar-refractivity contribution in [2.24, 2.45) is 5.73 Å². The SMILES string of the molecule is COc1c(C)c(Br)cc(CCN)c1O. The van der Waals surface area contributed by atoms with Gasteiger partial charge in [0, 0.05) is 15.6 Å². The summed E-state index contributed by atoms with van der Waals surface area (Å²) in [6.45, 7) is 2.39. The van der Waals surface area contributed by atoms with E-state index in [1.54, 1.807) is 7.11 Å². The van der Waals surface area contributed by atoms with Crippen LogP contribution in [0.15, 0.2) is 10.5 Å². The Bertz CT molecular complexity index is 339. The Morgan fingerprint density at radius 2 is 2.21 bits per heavy atom. The second-order valence-electron chi connectivity index (χ2n) is 3.06. The van der Waals surface area contributed by atoms with Crippen LogP contribution < -0.4 is 10.5 Å². The third-order valence-electron chi connectivity index (χ3n) is 2.14. The highest BCUT2D eigenvalue weighted by Crippen LogP contribution is 2.38. The molecule has 0 saturated carbocycles. The van der Waals surface area contributed by atoms with E-state index >= 15 is 0 Å². The molecular formula is C10H14BrNO2. The van der Waals surface area contributed by atoms with E-state index < -0.39 is 0 Å². The van der Waals surface area contributed by atoms with Crippen LogP contribution in [0.4, 0.5) is 0 Å². The lowest BCUT2D eigenvalue weighted by Crippen LogP contribution is -2.04. The molecule has 0 amide bonds. The summed E-state index contributed by atoms with van der Waals surface area (Å²) in [6.07, 6.45) is 0.640. The zero-order chi connectivity index (χ0) is 10.7. The number of phenolic OH excluding ortho intramolecular Hbond substituents is 1. The molecule has 0 aliphatic rings. The number of aromatic hydroxyl groups is 1. The first-order chi connectivity index (χ1) is 6.61. The Hall–Kier alpha value is -0.740. The van der Waals surface area contributed by atoms with E-state index in [1.807, 2.05) is 13.0 Å². The first-order valence-corrected chi connectivity index (χ1v) is 5.16. The highest BCUT2D eigenvalue weighted by molar-refractivity contribution is 9.10. The zero-order valence-corrected chi connectivity index (χ0v) is 9.89. The Morgan fingerprint density at radius 1 is 1.57 bits per heavy atom. The fourth-order valence-corrected chi connectivity index (χ4v) is 1.81. The van der Waals surface area contributed by atoms with Crippen molar-refractivity contribution in [2.75, 3.05) is 13.7 Å². The molecule has 14 heavy (non-hydrogen) atoms. The minimum atomic E-state index is 0.193. The molecule has 0 bridgehead atoms. The van der Waals surface area contributed by atoms with Gasteiger partial charge in [0.1, 0.15) is 0 Å². The van der Waals surface area contributed by atoms with Crippen LogP contribution in [-0.2, 0) is 6.42 Å². The molecule has 78 valence electrons. The van der Waals surface area contributed by atoms with Gasteiger partial charge in [-0.3, -0.25) is 0 Å². The average molecular weight is 260 g/mol. The molecule has 3 nitrogen and oxygen atoms in total. The summed E-state index contributed by atoms with van der Waals surface area (Å²) in [5.41, 5.74) is 7.14. The molecule has 3 N–H and O–H groups in total. The molecule has 0 aliphatic heterocycles. The summed E-state index contributed by atoms with van der Waals surface area (Å²) >= 11 is 3.41. The van der Waals surface area contributed by atoms with Crippen molar-refractivity contribution in [3.8, 4) is 11.5 Å². The standard InChI is InChI=1S/C10H14BrNO2/c1-6-8(11)5-7(3-4-12)9(13)10(6)14-2/h5,13H,3-4,12H2,1-2H3. The van der Waals surface area contributed by atoms with E-state index in [2.05, 4.69) is 15.9 Å². The summed E-state index contributed by atoms with van der Waals surface area (Å²) in [6, 6.07) is 1.88. The molecule has 0 atom stereocenters. The molecule has 0 unspecified atom stereocenters. The molecule has 1 aromatic carbocycles. The molecule has 0 saturated heterocycles. The summed E-state index contributed by atoms with van der Waals surface area (Å²) in [5.74, 6) is 0.710. The molecule has 0 heterocycles. The summed E-state index contributed by atoms with van der Waals surface area (Å²) in [4.78, 5) is 0. The fraction of sp³-hybridized carbons (Fsp3) is 0.400. The second-order valence-corrected chi connectivity index (χ2v) is 3.92. The summed E-state index contributed by atoms with van der Waals surface area (Å²) < 4.78 is 6.05. The van der Waals surface area contributed by atoms with Crippen molar-refractivity contribution in [3.05, 3.63) is 21.7 Å². The third-order valence-corrected chi connectivity index (χ3v) is 2.96. The first kappa shape index (κ1) is 11.3. The number of hydrogen-bond donors (Lipinski definition) is 2. The van der Waals surface area contributed by atoms with Gasteiger partial charge in [0.25, 0.3) is 0 Å². The Labute approximate surface area is 92.0 Å². The van der Waals surface area contributed by atoms with E-state index in [0.29, 0.717) is 18.7 Å². The van der Waals surface area contributed by atoms with Crippen molar-refractivity contribution in [1.29, 1.82) is 0 Å². The molecule has 0 aliphatic carbocycles. The summed E-state index contributed by atoms with van der Waals surface area (Å²) in [7, 11) is 1.54. The van der Waals surface area contributed by atoms with Crippen LogP contribution in [0.5, 0.6) is 11.5 Å². The Balaban J connectivity index is 3.27. The van der Waals surface area contributed by atoms with Gasteiger partial charge in [0.15, 0.2) is 11.5 Å². The predicted molar refractivity (Wildman–Crippen MR) is 59.9 cm³/mol. The van der Waals surface area contributed by atoms with Crippen LogP contribution >= 0.6 is 15.9 Å². The van der Waals surface area contributed by atoms with Gasteiger partial charge in [-0.05, 0) is 26.0 Å². The van der Waals surface area contributed by atoms with Gasteiger partial charge < -0.3 is 15.6 Å². The van der Waals surface area contributed by atoms with Crippen molar-refractivity contribution in [1.82, 2.24) is 0 Å². The molecular weight excluding hydrogens is 246 g/mol. The third kappa shape index (κ3) is 2.01. The number of rotatable bonds is 3. The maximum atomic E-state index is 9.82. The Morgan fingerprint density at radius 3 is 2.71 bits per heavy atom. The molecule has 4 heteroatoms. The molecule has 0 fully saturated rings. The second kappa shape index (κ2) is 4.66. The highest BCUT2D eigenvalue weighted by Gasteiger charge is 2.13. The molecule has 1 aromatic rings. The topological polar surface area (TPSA) is 55.5 Å². The lowest BCUT2D eigenvalue weighted by molar-refractivity contribution is 0.367. The minimum Gasteiger partial charge on any atom is -0.504 e. The van der Waals surface area contributed by atoms with Gasteiger partial charge in [0.05, 0.1) is 7.11 Å². The maximum Gasteiger partial charge on any atom is 0.164 e. The minimum absolute atomic E-state index is 0.193. The van der Waals surface area contributed by atoms with Crippen LogP contribution in [0.3, 0.4) is 0 Å². The van der Waals surface area contributed by atoms with Gasteiger partial charge in [-0.1, -0.05) is 15.9 Å². The van der Waals surface area contributed by atoms with Crippen LogP contribution in [0, 0.1) is 6.92 Å². The normalized spacial score (nSPS) is 10.3.